The first-order valence-electron chi connectivity index (χ1n) is 7.00. The lowest BCUT2D eigenvalue weighted by molar-refractivity contribution is 0.104. The second-order valence-corrected chi connectivity index (χ2v) is 4.81. The highest BCUT2D eigenvalue weighted by molar-refractivity contribution is 6.06. The van der Waals surface area contributed by atoms with Gasteiger partial charge in [0, 0.05) is 5.56 Å². The van der Waals surface area contributed by atoms with Gasteiger partial charge in [-0.1, -0.05) is 18.2 Å². The number of carbonyl (C=O) groups is 1. The van der Waals surface area contributed by atoms with Crippen LogP contribution in [0.5, 0.6) is 11.5 Å². The van der Waals surface area contributed by atoms with Crippen molar-refractivity contribution in [3.63, 3.8) is 0 Å². The Kier molecular flexibility index (Phi) is 5.52. The minimum Gasteiger partial charge on any atom is -0.497 e. The Morgan fingerprint density at radius 1 is 1.09 bits per heavy atom. The first kappa shape index (κ1) is 16.3. The second kappa shape index (κ2) is 7.79. The van der Waals surface area contributed by atoms with Crippen LogP contribution in [0.1, 0.15) is 15.9 Å². The molecule has 0 fully saturated rings. The maximum Gasteiger partial charge on any atom is 0.185 e. The number of hydrogen-bond donors (Lipinski definition) is 2. The van der Waals surface area contributed by atoms with Crippen molar-refractivity contribution in [3.8, 4) is 11.5 Å². The number of ether oxygens (including phenoxy) is 2. The van der Waals surface area contributed by atoms with E-state index in [0.29, 0.717) is 17.1 Å². The van der Waals surface area contributed by atoms with Crippen molar-refractivity contribution in [1.29, 1.82) is 5.41 Å². The molecule has 0 amide bonds. The highest BCUT2D eigenvalue weighted by Gasteiger charge is 2.02. The fraction of sp³-hybridized carbons (Fsp3) is 0.111. The second-order valence-electron chi connectivity index (χ2n) is 4.81. The molecule has 0 saturated heterocycles. The maximum absolute atomic E-state index is 12.1. The van der Waals surface area contributed by atoms with E-state index in [9.17, 15) is 4.79 Å². The zero-order chi connectivity index (χ0) is 16.7. The summed E-state index contributed by atoms with van der Waals surface area (Å²) in [4.78, 5) is 12.1. The average molecular weight is 310 g/mol. The van der Waals surface area contributed by atoms with Crippen LogP contribution in [0.25, 0.3) is 6.08 Å². The van der Waals surface area contributed by atoms with Crippen molar-refractivity contribution in [2.24, 2.45) is 5.73 Å². The molecule has 0 aliphatic carbocycles. The van der Waals surface area contributed by atoms with Gasteiger partial charge in [0.25, 0.3) is 0 Å². The van der Waals surface area contributed by atoms with Crippen LogP contribution in [0.15, 0.2) is 54.6 Å². The van der Waals surface area contributed by atoms with E-state index < -0.39 is 0 Å². The van der Waals surface area contributed by atoms with Gasteiger partial charge in [-0.15, -0.1) is 0 Å². The molecule has 0 aliphatic rings. The summed E-state index contributed by atoms with van der Waals surface area (Å²) in [5.41, 5.74) is 6.70. The molecule has 0 heterocycles. The molecule has 0 radical (unpaired) electrons. The van der Waals surface area contributed by atoms with Gasteiger partial charge in [-0.3, -0.25) is 10.2 Å². The monoisotopic (exact) mass is 310 g/mol. The lowest BCUT2D eigenvalue weighted by Crippen LogP contribution is -2.19. The van der Waals surface area contributed by atoms with Crippen molar-refractivity contribution in [2.75, 3.05) is 13.7 Å². The van der Waals surface area contributed by atoms with Crippen LogP contribution in [-0.2, 0) is 0 Å². The first-order chi connectivity index (χ1) is 11.1. The summed E-state index contributed by atoms with van der Waals surface area (Å²) in [6.45, 7) is 0.0607. The average Bonchev–Trinajstić information content (AvgIpc) is 2.58. The van der Waals surface area contributed by atoms with E-state index in [4.69, 9.17) is 20.6 Å². The minimum atomic E-state index is -0.0791. The lowest BCUT2D eigenvalue weighted by Gasteiger charge is -2.04. The van der Waals surface area contributed by atoms with Crippen LogP contribution in [0, 0.1) is 5.41 Å². The van der Waals surface area contributed by atoms with E-state index in [2.05, 4.69) is 0 Å². The van der Waals surface area contributed by atoms with E-state index in [-0.39, 0.29) is 18.2 Å². The molecule has 2 aromatic rings. The van der Waals surface area contributed by atoms with Gasteiger partial charge >= 0.3 is 0 Å². The van der Waals surface area contributed by atoms with Gasteiger partial charge in [0.15, 0.2) is 5.78 Å². The van der Waals surface area contributed by atoms with Gasteiger partial charge in [0.1, 0.15) is 23.9 Å². The van der Waals surface area contributed by atoms with E-state index in [1.165, 1.54) is 6.08 Å². The fourth-order valence-corrected chi connectivity index (χ4v) is 1.86. The normalized spacial score (nSPS) is 10.5. The van der Waals surface area contributed by atoms with E-state index >= 15 is 0 Å². The molecular weight excluding hydrogens is 292 g/mol. The molecular formula is C18H18N2O3. The Bertz CT molecular complexity index is 704. The van der Waals surface area contributed by atoms with Crippen LogP contribution in [0.3, 0.4) is 0 Å². The van der Waals surface area contributed by atoms with Crippen molar-refractivity contribution < 1.29 is 14.3 Å². The Hall–Kier alpha value is -3.08. The van der Waals surface area contributed by atoms with Crippen LogP contribution in [0.4, 0.5) is 0 Å². The molecule has 118 valence electrons. The molecule has 2 aromatic carbocycles. The Balaban J connectivity index is 1.98. The third-order valence-corrected chi connectivity index (χ3v) is 3.08. The molecule has 0 bridgehead atoms. The van der Waals surface area contributed by atoms with Crippen LogP contribution in [-0.4, -0.2) is 25.3 Å². The van der Waals surface area contributed by atoms with Gasteiger partial charge in [0.05, 0.1) is 7.11 Å². The summed E-state index contributed by atoms with van der Waals surface area (Å²) in [5.74, 6) is 1.23. The molecule has 0 unspecified atom stereocenters. The summed E-state index contributed by atoms with van der Waals surface area (Å²) >= 11 is 0. The zero-order valence-electron chi connectivity index (χ0n) is 12.8. The number of benzene rings is 2. The molecule has 2 rings (SSSR count). The third-order valence-electron chi connectivity index (χ3n) is 3.08. The molecule has 0 aliphatic heterocycles. The van der Waals surface area contributed by atoms with E-state index in [1.807, 2.05) is 12.1 Å². The number of ketones is 1. The molecule has 23 heavy (non-hydrogen) atoms. The molecule has 0 atom stereocenters. The quantitative estimate of drug-likeness (QED) is 0.356. The largest absolute Gasteiger partial charge is 0.497 e. The predicted molar refractivity (Wildman–Crippen MR) is 90.2 cm³/mol. The molecule has 5 heteroatoms. The predicted octanol–water partition coefficient (Wildman–Crippen LogP) is 2.91. The number of nitrogens with one attached hydrogen (secondary N) is 1. The van der Waals surface area contributed by atoms with Crippen molar-refractivity contribution in [3.05, 3.63) is 65.7 Å². The first-order valence-corrected chi connectivity index (χ1v) is 7.00. The number of methoxy groups -OCH3 is 1. The van der Waals surface area contributed by atoms with Crippen molar-refractivity contribution in [2.45, 2.75) is 0 Å². The zero-order valence-corrected chi connectivity index (χ0v) is 12.8. The highest BCUT2D eigenvalue weighted by Crippen LogP contribution is 2.15. The van der Waals surface area contributed by atoms with Crippen LogP contribution in [0.2, 0.25) is 0 Å². The summed E-state index contributed by atoms with van der Waals surface area (Å²) in [6.07, 6.45) is 3.26. The fourth-order valence-electron chi connectivity index (χ4n) is 1.86. The Labute approximate surface area is 134 Å². The van der Waals surface area contributed by atoms with Gasteiger partial charge in [-0.25, -0.2) is 0 Å². The van der Waals surface area contributed by atoms with Crippen LogP contribution < -0.4 is 15.2 Å². The molecule has 3 N–H and O–H groups in total. The SMILES string of the molecule is COc1ccc(C(=O)/C=C\c2ccc(OCC(=N)N)cc2)cc1. The van der Waals surface area contributed by atoms with Gasteiger partial charge < -0.3 is 15.2 Å². The summed E-state index contributed by atoms with van der Waals surface area (Å²) < 4.78 is 10.3. The van der Waals surface area contributed by atoms with Crippen molar-refractivity contribution >= 4 is 17.7 Å². The van der Waals surface area contributed by atoms with Crippen LogP contribution >= 0.6 is 0 Å². The highest BCUT2D eigenvalue weighted by atomic mass is 16.5. The number of amidine groups is 1. The summed E-state index contributed by atoms with van der Waals surface area (Å²) in [5, 5.41) is 7.10. The number of hydrogen-bond acceptors (Lipinski definition) is 4. The number of nitrogens with two attached hydrogens (primary N) is 1. The van der Waals surface area contributed by atoms with E-state index in [0.717, 1.165) is 5.56 Å². The van der Waals surface area contributed by atoms with Gasteiger partial charge in [-0.2, -0.15) is 0 Å². The number of carbonyl (C=O) groups excluding carboxylic acids is 1. The third kappa shape index (κ3) is 5.00. The minimum absolute atomic E-state index is 0.0286. The molecule has 0 aromatic heterocycles. The lowest BCUT2D eigenvalue weighted by atomic mass is 10.1. The molecule has 0 spiro atoms. The Morgan fingerprint density at radius 3 is 2.26 bits per heavy atom. The molecule has 0 saturated carbocycles. The number of allylic oxidation sites excluding steroid dienone is 1. The molecule has 5 nitrogen and oxygen atoms in total. The topological polar surface area (TPSA) is 85.4 Å². The summed E-state index contributed by atoms with van der Waals surface area (Å²) in [7, 11) is 1.58. The number of rotatable bonds is 7. The Morgan fingerprint density at radius 2 is 1.70 bits per heavy atom. The maximum atomic E-state index is 12.1. The van der Waals surface area contributed by atoms with E-state index in [1.54, 1.807) is 49.6 Å². The smallest absolute Gasteiger partial charge is 0.185 e. The standard InChI is InChI=1S/C18H18N2O3/c1-22-15-9-5-14(6-10-15)17(21)11-4-13-2-7-16(8-3-13)23-12-18(19)20/h2-11H,12H2,1H3,(H3,19,20)/b11-4-. The van der Waals surface area contributed by atoms with Gasteiger partial charge in [0.2, 0.25) is 0 Å². The van der Waals surface area contributed by atoms with Gasteiger partial charge in [-0.05, 0) is 48.0 Å². The van der Waals surface area contributed by atoms with Crippen molar-refractivity contribution in [1.82, 2.24) is 0 Å². The summed E-state index contributed by atoms with van der Waals surface area (Å²) in [6, 6.07) is 14.1.